The van der Waals surface area contributed by atoms with Gasteiger partial charge >= 0.3 is 0 Å². The van der Waals surface area contributed by atoms with Crippen molar-refractivity contribution in [2.75, 3.05) is 6.61 Å². The van der Waals surface area contributed by atoms with Crippen LogP contribution < -0.4 is 0 Å². The smallest absolute Gasteiger partial charge is 0.0431 e. The third-order valence-electron chi connectivity index (χ3n) is 5.22. The highest BCUT2D eigenvalue weighted by Gasteiger charge is 1.92. The fourth-order valence-corrected chi connectivity index (χ4v) is 3.34. The SMILES string of the molecule is CCCCCCCCCCCCCCC.CCCCCCCCCCO. The second-order valence-electron chi connectivity index (χ2n) is 8.09. The molecule has 0 aromatic heterocycles. The first kappa shape index (κ1) is 28.2. The number of rotatable bonds is 20. The molecule has 0 aliphatic heterocycles. The molecule has 0 fully saturated rings. The summed E-state index contributed by atoms with van der Waals surface area (Å²) in [5.41, 5.74) is 0. The van der Waals surface area contributed by atoms with E-state index in [9.17, 15) is 0 Å². The summed E-state index contributed by atoms with van der Waals surface area (Å²) in [7, 11) is 0. The fourth-order valence-electron chi connectivity index (χ4n) is 3.34. The second-order valence-corrected chi connectivity index (χ2v) is 8.09. The zero-order valence-electron chi connectivity index (χ0n) is 19.0. The maximum atomic E-state index is 8.51. The van der Waals surface area contributed by atoms with E-state index >= 15 is 0 Å². The Morgan fingerprint density at radius 3 is 0.692 bits per heavy atom. The lowest BCUT2D eigenvalue weighted by molar-refractivity contribution is 0.282. The van der Waals surface area contributed by atoms with Gasteiger partial charge in [0.15, 0.2) is 0 Å². The quantitative estimate of drug-likeness (QED) is 0.212. The normalized spacial score (nSPS) is 10.6. The molecular formula is C25H54O. The molecule has 0 amide bonds. The number of hydrogen-bond acceptors (Lipinski definition) is 1. The van der Waals surface area contributed by atoms with E-state index in [2.05, 4.69) is 20.8 Å². The van der Waals surface area contributed by atoms with Crippen molar-refractivity contribution in [2.45, 2.75) is 156 Å². The van der Waals surface area contributed by atoms with Gasteiger partial charge in [0.1, 0.15) is 0 Å². The van der Waals surface area contributed by atoms with Crippen LogP contribution in [-0.4, -0.2) is 11.7 Å². The van der Waals surface area contributed by atoms with Gasteiger partial charge in [-0.3, -0.25) is 0 Å². The number of aliphatic hydroxyl groups excluding tert-OH is 1. The predicted molar refractivity (Wildman–Crippen MR) is 121 cm³/mol. The molecule has 0 radical (unpaired) electrons. The van der Waals surface area contributed by atoms with Crippen molar-refractivity contribution >= 4 is 0 Å². The van der Waals surface area contributed by atoms with Crippen LogP contribution in [0.1, 0.15) is 156 Å². The van der Waals surface area contributed by atoms with E-state index < -0.39 is 0 Å². The lowest BCUT2D eigenvalue weighted by Gasteiger charge is -2.01. The van der Waals surface area contributed by atoms with Crippen LogP contribution in [0.5, 0.6) is 0 Å². The van der Waals surface area contributed by atoms with Crippen molar-refractivity contribution in [3.63, 3.8) is 0 Å². The summed E-state index contributed by atoms with van der Waals surface area (Å²) in [6, 6.07) is 0. The second kappa shape index (κ2) is 29.7. The molecule has 0 aromatic carbocycles. The third-order valence-corrected chi connectivity index (χ3v) is 5.22. The van der Waals surface area contributed by atoms with Gasteiger partial charge in [-0.1, -0.05) is 149 Å². The van der Waals surface area contributed by atoms with Crippen LogP contribution in [0.4, 0.5) is 0 Å². The van der Waals surface area contributed by atoms with Gasteiger partial charge in [0.05, 0.1) is 0 Å². The summed E-state index contributed by atoms with van der Waals surface area (Å²) in [5.74, 6) is 0. The van der Waals surface area contributed by atoms with E-state index in [0.717, 1.165) is 6.42 Å². The van der Waals surface area contributed by atoms with Crippen LogP contribution in [0.2, 0.25) is 0 Å². The summed E-state index contributed by atoms with van der Waals surface area (Å²) >= 11 is 0. The molecule has 0 heterocycles. The standard InChI is InChI=1S/C15H32.C10H22O/c1-3-5-7-9-11-13-15-14-12-10-8-6-4-2;1-2-3-4-5-6-7-8-9-10-11/h3-15H2,1-2H3;11H,2-10H2,1H3. The topological polar surface area (TPSA) is 20.2 Å². The summed E-state index contributed by atoms with van der Waals surface area (Å²) < 4.78 is 0. The van der Waals surface area contributed by atoms with E-state index in [-0.39, 0.29) is 0 Å². The average Bonchev–Trinajstić information content (AvgIpc) is 2.66. The van der Waals surface area contributed by atoms with E-state index in [0.29, 0.717) is 6.61 Å². The van der Waals surface area contributed by atoms with Crippen LogP contribution in [-0.2, 0) is 0 Å². The molecular weight excluding hydrogens is 316 g/mol. The summed E-state index contributed by atoms with van der Waals surface area (Å²) in [4.78, 5) is 0. The monoisotopic (exact) mass is 370 g/mol. The number of aliphatic hydroxyl groups is 1. The van der Waals surface area contributed by atoms with Gasteiger partial charge in [-0.25, -0.2) is 0 Å². The van der Waals surface area contributed by atoms with Crippen molar-refractivity contribution in [1.82, 2.24) is 0 Å². The minimum atomic E-state index is 0.370. The Morgan fingerprint density at radius 2 is 0.500 bits per heavy atom. The highest BCUT2D eigenvalue weighted by Crippen LogP contribution is 2.12. The molecule has 0 aromatic rings. The Kier molecular flexibility index (Phi) is 32.2. The molecule has 0 atom stereocenters. The van der Waals surface area contributed by atoms with Gasteiger partial charge in [0.2, 0.25) is 0 Å². The van der Waals surface area contributed by atoms with Gasteiger partial charge in [0, 0.05) is 6.61 Å². The molecule has 0 bridgehead atoms. The lowest BCUT2D eigenvalue weighted by Crippen LogP contribution is -1.83. The minimum Gasteiger partial charge on any atom is -0.396 e. The van der Waals surface area contributed by atoms with Crippen molar-refractivity contribution in [2.24, 2.45) is 0 Å². The molecule has 0 aliphatic carbocycles. The average molecular weight is 371 g/mol. The van der Waals surface area contributed by atoms with Crippen molar-refractivity contribution in [3.8, 4) is 0 Å². The molecule has 26 heavy (non-hydrogen) atoms. The van der Waals surface area contributed by atoms with Gasteiger partial charge in [-0.15, -0.1) is 0 Å². The van der Waals surface area contributed by atoms with Crippen LogP contribution >= 0.6 is 0 Å². The van der Waals surface area contributed by atoms with E-state index in [1.165, 1.54) is 128 Å². The molecule has 160 valence electrons. The minimum absolute atomic E-state index is 0.370. The number of hydrogen-bond donors (Lipinski definition) is 1. The molecule has 1 heteroatoms. The Balaban J connectivity index is 0. The lowest BCUT2D eigenvalue weighted by atomic mass is 10.1. The first-order valence-electron chi connectivity index (χ1n) is 12.4. The van der Waals surface area contributed by atoms with Crippen molar-refractivity contribution in [3.05, 3.63) is 0 Å². The largest absolute Gasteiger partial charge is 0.396 e. The first-order chi connectivity index (χ1) is 12.8. The molecule has 0 spiro atoms. The zero-order chi connectivity index (χ0) is 19.6. The van der Waals surface area contributed by atoms with E-state index in [1.54, 1.807) is 0 Å². The molecule has 1 N–H and O–H groups in total. The zero-order valence-corrected chi connectivity index (χ0v) is 19.0. The molecule has 0 rings (SSSR count). The van der Waals surface area contributed by atoms with Crippen LogP contribution in [0.3, 0.4) is 0 Å². The first-order valence-corrected chi connectivity index (χ1v) is 12.4. The third kappa shape index (κ3) is 31.7. The maximum absolute atomic E-state index is 8.51. The van der Waals surface area contributed by atoms with Gasteiger partial charge in [0.25, 0.3) is 0 Å². The Labute approximate surface area is 167 Å². The molecule has 1 nitrogen and oxygen atoms in total. The van der Waals surface area contributed by atoms with E-state index in [4.69, 9.17) is 5.11 Å². The summed E-state index contributed by atoms with van der Waals surface area (Å²) in [6.07, 6.45) is 29.3. The van der Waals surface area contributed by atoms with Gasteiger partial charge < -0.3 is 5.11 Å². The Hall–Kier alpha value is -0.0400. The molecule has 0 saturated heterocycles. The molecule has 0 unspecified atom stereocenters. The predicted octanol–water partition coefficient (Wildman–Crippen LogP) is 9.22. The fraction of sp³-hybridized carbons (Fsp3) is 1.00. The Bertz CT molecular complexity index is 182. The van der Waals surface area contributed by atoms with Crippen molar-refractivity contribution < 1.29 is 5.11 Å². The van der Waals surface area contributed by atoms with Crippen LogP contribution in [0.15, 0.2) is 0 Å². The summed E-state index contributed by atoms with van der Waals surface area (Å²) in [6.45, 7) is 7.19. The van der Waals surface area contributed by atoms with Gasteiger partial charge in [-0.2, -0.15) is 0 Å². The van der Waals surface area contributed by atoms with Crippen LogP contribution in [0, 0.1) is 0 Å². The van der Waals surface area contributed by atoms with Crippen molar-refractivity contribution in [1.29, 1.82) is 0 Å². The highest BCUT2D eigenvalue weighted by molar-refractivity contribution is 4.48. The highest BCUT2D eigenvalue weighted by atomic mass is 16.2. The maximum Gasteiger partial charge on any atom is 0.0431 e. The molecule has 0 aliphatic rings. The van der Waals surface area contributed by atoms with Gasteiger partial charge in [-0.05, 0) is 6.42 Å². The summed E-state index contributed by atoms with van der Waals surface area (Å²) in [5, 5.41) is 8.51. The van der Waals surface area contributed by atoms with E-state index in [1.807, 2.05) is 0 Å². The Morgan fingerprint density at radius 1 is 0.308 bits per heavy atom. The molecule has 0 saturated carbocycles. The van der Waals surface area contributed by atoms with Crippen LogP contribution in [0.25, 0.3) is 0 Å². The number of unbranched alkanes of at least 4 members (excludes halogenated alkanes) is 19.